The summed E-state index contributed by atoms with van der Waals surface area (Å²) in [6.07, 6.45) is -2.09. The molecule has 0 aromatic carbocycles. The van der Waals surface area contributed by atoms with Crippen molar-refractivity contribution < 1.29 is 43.5 Å². The number of carbonyl (C=O) groups is 3. The Balaban J connectivity index is 1.69. The Labute approximate surface area is 173 Å². The number of rotatable bonds is 2. The number of aliphatic hydroxyl groups excluding tert-OH is 1. The van der Waals surface area contributed by atoms with Gasteiger partial charge in [-0.3, -0.25) is 4.79 Å². The van der Waals surface area contributed by atoms with Gasteiger partial charge in [0.25, 0.3) is 0 Å². The number of esters is 3. The second-order valence-electron chi connectivity index (χ2n) is 9.79. The first-order valence-electron chi connectivity index (χ1n) is 10.3. The van der Waals surface area contributed by atoms with Gasteiger partial charge in [-0.2, -0.15) is 0 Å². The highest BCUT2D eigenvalue weighted by Gasteiger charge is 2.84. The lowest BCUT2D eigenvalue weighted by Gasteiger charge is -2.57. The first kappa shape index (κ1) is 20.0. The van der Waals surface area contributed by atoms with Gasteiger partial charge in [0.1, 0.15) is 18.3 Å². The minimum absolute atomic E-state index is 0.0367. The average Bonchev–Trinajstić information content (AvgIpc) is 3.22. The number of cyclic esters (lactones) is 1. The summed E-state index contributed by atoms with van der Waals surface area (Å²) in [6, 6.07) is 0. The van der Waals surface area contributed by atoms with Crippen LogP contribution in [0.25, 0.3) is 0 Å². The van der Waals surface area contributed by atoms with Crippen LogP contribution in [0.5, 0.6) is 0 Å². The Hall–Kier alpha value is -1.97. The van der Waals surface area contributed by atoms with Crippen LogP contribution in [0.15, 0.2) is 11.6 Å². The van der Waals surface area contributed by atoms with Crippen molar-refractivity contribution in [2.24, 2.45) is 28.6 Å². The highest BCUT2D eigenvalue weighted by atomic mass is 16.7. The van der Waals surface area contributed by atoms with Crippen LogP contribution in [0, 0.1) is 28.6 Å². The van der Waals surface area contributed by atoms with Crippen molar-refractivity contribution in [3.8, 4) is 0 Å². The first-order chi connectivity index (χ1) is 14.0. The van der Waals surface area contributed by atoms with Crippen LogP contribution in [-0.4, -0.2) is 64.9 Å². The smallest absolute Gasteiger partial charge is 0.348 e. The molecule has 10 unspecified atom stereocenters. The zero-order chi connectivity index (χ0) is 21.8. The summed E-state index contributed by atoms with van der Waals surface area (Å²) < 4.78 is 22.6. The van der Waals surface area contributed by atoms with E-state index < -0.39 is 76.7 Å². The van der Waals surface area contributed by atoms with Crippen molar-refractivity contribution in [3.63, 3.8) is 0 Å². The van der Waals surface area contributed by atoms with E-state index in [0.29, 0.717) is 12.0 Å². The van der Waals surface area contributed by atoms with E-state index in [1.165, 1.54) is 13.0 Å². The van der Waals surface area contributed by atoms with Gasteiger partial charge < -0.3 is 29.2 Å². The van der Waals surface area contributed by atoms with Crippen molar-refractivity contribution in [3.05, 3.63) is 11.6 Å². The maximum atomic E-state index is 12.8. The van der Waals surface area contributed by atoms with E-state index in [1.54, 1.807) is 13.8 Å². The highest BCUT2D eigenvalue weighted by molar-refractivity contribution is 5.86. The van der Waals surface area contributed by atoms with Crippen LogP contribution in [-0.2, 0) is 33.3 Å². The molecule has 0 aromatic rings. The van der Waals surface area contributed by atoms with Crippen molar-refractivity contribution >= 4 is 17.9 Å². The first-order valence-corrected chi connectivity index (χ1v) is 10.3. The molecule has 1 spiro atoms. The van der Waals surface area contributed by atoms with Crippen LogP contribution in [0.1, 0.15) is 34.1 Å². The summed E-state index contributed by atoms with van der Waals surface area (Å²) in [7, 11) is 0. The fourth-order valence-corrected chi connectivity index (χ4v) is 7.47. The molecule has 5 aliphatic rings. The van der Waals surface area contributed by atoms with Gasteiger partial charge >= 0.3 is 17.9 Å². The molecule has 10 atom stereocenters. The third kappa shape index (κ3) is 2.10. The zero-order valence-corrected chi connectivity index (χ0v) is 17.3. The lowest BCUT2D eigenvalue weighted by atomic mass is 9.50. The summed E-state index contributed by atoms with van der Waals surface area (Å²) in [6.45, 7) is 6.61. The molecular weight excluding hydrogens is 396 g/mol. The molecule has 9 heteroatoms. The van der Waals surface area contributed by atoms with Crippen LogP contribution in [0.2, 0.25) is 0 Å². The molecule has 9 nitrogen and oxygen atoms in total. The third-order valence-corrected chi connectivity index (χ3v) is 8.20. The lowest BCUT2D eigenvalue weighted by molar-refractivity contribution is -0.304. The topological polar surface area (TPSA) is 129 Å². The summed E-state index contributed by atoms with van der Waals surface area (Å²) >= 11 is 0. The minimum atomic E-state index is -1.90. The van der Waals surface area contributed by atoms with Crippen LogP contribution >= 0.6 is 0 Å². The van der Waals surface area contributed by atoms with Crippen LogP contribution in [0.3, 0.4) is 0 Å². The standard InChI is InChI=1S/C21H26O9/c1-8-5-12(23)30-16(8)19(4)6-11-20-7-27-21(26,18(19)20)15(24)9(2)13(20)14(17(25)29-11)28-10(3)22/h5,9,11,13-16,18,24,26H,6-7H2,1-4H3. The Morgan fingerprint density at radius 3 is 2.60 bits per heavy atom. The number of hydrogen-bond acceptors (Lipinski definition) is 9. The molecule has 164 valence electrons. The summed E-state index contributed by atoms with van der Waals surface area (Å²) in [5.41, 5.74) is -1.05. The highest BCUT2D eigenvalue weighted by Crippen LogP contribution is 2.74. The van der Waals surface area contributed by atoms with Crippen LogP contribution in [0.4, 0.5) is 0 Å². The molecular formula is C21H26O9. The van der Waals surface area contributed by atoms with E-state index in [0.717, 1.165) is 0 Å². The molecule has 5 rings (SSSR count). The van der Waals surface area contributed by atoms with Crippen molar-refractivity contribution in [2.75, 3.05) is 6.61 Å². The Bertz CT molecular complexity index is 882. The van der Waals surface area contributed by atoms with Gasteiger partial charge in [0, 0.05) is 35.7 Å². The van der Waals surface area contributed by atoms with Crippen molar-refractivity contribution in [2.45, 2.75) is 64.3 Å². The third-order valence-electron chi connectivity index (χ3n) is 8.20. The second kappa shape index (κ2) is 5.83. The fraction of sp³-hybridized carbons (Fsp3) is 0.762. The average molecular weight is 422 g/mol. The molecule has 2 aliphatic carbocycles. The molecule has 2 bridgehead atoms. The number of hydrogen-bond donors (Lipinski definition) is 2. The normalized spacial score (nSPS) is 53.7. The summed E-state index contributed by atoms with van der Waals surface area (Å²) in [5.74, 6) is -5.59. The SMILES string of the molecule is CC(=O)OC1C(=O)OC2CC(C)(C3OC(=O)C=C3C)C3C4(O)OCC23C1C(C)C4O. The molecule has 4 fully saturated rings. The molecule has 0 aromatic heterocycles. The number of aliphatic hydroxyl groups is 2. The van der Waals surface area contributed by atoms with E-state index >= 15 is 0 Å². The second-order valence-corrected chi connectivity index (χ2v) is 9.79. The van der Waals surface area contributed by atoms with Gasteiger partial charge in [-0.25, -0.2) is 9.59 Å². The summed E-state index contributed by atoms with van der Waals surface area (Å²) in [5, 5.41) is 22.7. The van der Waals surface area contributed by atoms with E-state index in [2.05, 4.69) is 0 Å². The number of ether oxygens (including phenoxy) is 4. The monoisotopic (exact) mass is 422 g/mol. The molecule has 0 amide bonds. The van der Waals surface area contributed by atoms with Gasteiger partial charge in [0.15, 0.2) is 5.79 Å². The minimum Gasteiger partial charge on any atom is -0.459 e. The van der Waals surface area contributed by atoms with E-state index in [-0.39, 0.29) is 6.61 Å². The molecule has 30 heavy (non-hydrogen) atoms. The molecule has 2 N–H and O–H groups in total. The van der Waals surface area contributed by atoms with Crippen molar-refractivity contribution in [1.82, 2.24) is 0 Å². The predicted molar refractivity (Wildman–Crippen MR) is 97.3 cm³/mol. The Kier molecular flexibility index (Phi) is 3.88. The molecule has 2 saturated heterocycles. The van der Waals surface area contributed by atoms with Crippen molar-refractivity contribution in [1.29, 1.82) is 0 Å². The maximum absolute atomic E-state index is 12.8. The van der Waals surface area contributed by atoms with E-state index in [4.69, 9.17) is 18.9 Å². The van der Waals surface area contributed by atoms with E-state index in [9.17, 15) is 24.6 Å². The summed E-state index contributed by atoms with van der Waals surface area (Å²) in [4.78, 5) is 36.6. The quantitative estimate of drug-likeness (QED) is 0.469. The molecule has 0 radical (unpaired) electrons. The van der Waals surface area contributed by atoms with Gasteiger partial charge in [0.2, 0.25) is 6.10 Å². The van der Waals surface area contributed by atoms with Gasteiger partial charge in [0.05, 0.1) is 6.61 Å². The largest absolute Gasteiger partial charge is 0.459 e. The molecule has 3 aliphatic heterocycles. The fourth-order valence-electron chi connectivity index (χ4n) is 7.47. The predicted octanol–water partition coefficient (Wildman–Crippen LogP) is 0.0734. The molecule has 3 heterocycles. The Morgan fingerprint density at radius 2 is 2.00 bits per heavy atom. The van der Waals surface area contributed by atoms with Gasteiger partial charge in [-0.15, -0.1) is 0 Å². The Morgan fingerprint density at radius 1 is 1.30 bits per heavy atom. The molecule has 2 saturated carbocycles. The van der Waals surface area contributed by atoms with Crippen LogP contribution < -0.4 is 0 Å². The van der Waals surface area contributed by atoms with Gasteiger partial charge in [-0.1, -0.05) is 13.8 Å². The number of carbonyl (C=O) groups excluding carboxylic acids is 3. The van der Waals surface area contributed by atoms with E-state index in [1.807, 2.05) is 6.92 Å². The maximum Gasteiger partial charge on any atom is 0.348 e. The zero-order valence-electron chi connectivity index (χ0n) is 17.3. The lowest BCUT2D eigenvalue weighted by Crippen LogP contribution is -2.69. The van der Waals surface area contributed by atoms with Gasteiger partial charge in [-0.05, 0) is 24.8 Å².